The molecule has 0 unspecified atom stereocenters. The summed E-state index contributed by atoms with van der Waals surface area (Å²) < 4.78 is 5.80. The molecule has 0 saturated heterocycles. The van der Waals surface area contributed by atoms with Crippen LogP contribution >= 0.6 is 11.6 Å². The van der Waals surface area contributed by atoms with E-state index in [1.165, 1.54) is 0 Å². The largest absolute Gasteiger partial charge is 0.489 e. The zero-order valence-electron chi connectivity index (χ0n) is 11.4. The summed E-state index contributed by atoms with van der Waals surface area (Å²) in [4.78, 5) is 4.32. The Kier molecular flexibility index (Phi) is 4.04. The Bertz CT molecular complexity index is 774. The second-order valence-corrected chi connectivity index (χ2v) is 5.18. The highest BCUT2D eigenvalue weighted by molar-refractivity contribution is 6.31. The van der Waals surface area contributed by atoms with Crippen molar-refractivity contribution in [2.75, 3.05) is 0 Å². The number of hydrogen-bond acceptors (Lipinski definition) is 3. The lowest BCUT2D eigenvalue weighted by Crippen LogP contribution is -2.00. The van der Waals surface area contributed by atoms with Crippen LogP contribution in [-0.2, 0) is 13.2 Å². The van der Waals surface area contributed by atoms with Gasteiger partial charge < -0.3 is 10.5 Å². The van der Waals surface area contributed by atoms with Crippen LogP contribution in [0.1, 0.15) is 11.1 Å². The molecule has 0 radical (unpaired) electrons. The number of pyridine rings is 1. The number of hydrogen-bond donors (Lipinski definition) is 1. The number of benzene rings is 2. The van der Waals surface area contributed by atoms with Gasteiger partial charge in [-0.2, -0.15) is 0 Å². The first-order chi connectivity index (χ1) is 10.3. The number of fused-ring (bicyclic) bond motifs is 1. The summed E-state index contributed by atoms with van der Waals surface area (Å²) in [6, 6.07) is 15.6. The minimum Gasteiger partial charge on any atom is -0.489 e. The van der Waals surface area contributed by atoms with Gasteiger partial charge in [0.1, 0.15) is 12.4 Å². The lowest BCUT2D eigenvalue weighted by molar-refractivity contribution is 0.306. The maximum Gasteiger partial charge on any atom is 0.122 e. The van der Waals surface area contributed by atoms with Crippen molar-refractivity contribution in [3.8, 4) is 5.75 Å². The van der Waals surface area contributed by atoms with E-state index in [9.17, 15) is 0 Å². The molecule has 0 amide bonds. The number of nitrogens with two attached hydrogens (primary N) is 1. The molecule has 21 heavy (non-hydrogen) atoms. The third kappa shape index (κ3) is 3.15. The predicted molar refractivity (Wildman–Crippen MR) is 85.4 cm³/mol. The molecule has 0 saturated carbocycles. The second-order valence-electron chi connectivity index (χ2n) is 4.78. The fourth-order valence-corrected chi connectivity index (χ4v) is 2.39. The van der Waals surface area contributed by atoms with E-state index in [1.807, 2.05) is 48.5 Å². The Balaban J connectivity index is 1.77. The van der Waals surface area contributed by atoms with Gasteiger partial charge in [-0.05, 0) is 29.8 Å². The zero-order valence-corrected chi connectivity index (χ0v) is 12.2. The van der Waals surface area contributed by atoms with Crippen LogP contribution in [-0.4, -0.2) is 4.98 Å². The first kappa shape index (κ1) is 13.9. The fraction of sp³-hybridized carbons (Fsp3) is 0.118. The van der Waals surface area contributed by atoms with Gasteiger partial charge >= 0.3 is 0 Å². The quantitative estimate of drug-likeness (QED) is 0.794. The summed E-state index contributed by atoms with van der Waals surface area (Å²) in [6.07, 6.45) is 1.77. The molecule has 4 heteroatoms. The number of ether oxygens (including phenoxy) is 1. The maximum absolute atomic E-state index is 6.22. The third-order valence-electron chi connectivity index (χ3n) is 3.32. The minimum atomic E-state index is 0.419. The van der Waals surface area contributed by atoms with Crippen molar-refractivity contribution >= 4 is 22.5 Å². The molecule has 2 N–H and O–H groups in total. The molecule has 0 aliphatic rings. The second kappa shape index (κ2) is 6.12. The van der Waals surface area contributed by atoms with Gasteiger partial charge in [0.25, 0.3) is 0 Å². The van der Waals surface area contributed by atoms with Gasteiger partial charge in [-0.25, -0.2) is 0 Å². The smallest absolute Gasteiger partial charge is 0.122 e. The summed E-state index contributed by atoms with van der Waals surface area (Å²) in [5.41, 5.74) is 8.46. The average Bonchev–Trinajstić information content (AvgIpc) is 2.53. The Morgan fingerprint density at radius 3 is 2.81 bits per heavy atom. The van der Waals surface area contributed by atoms with Crippen LogP contribution in [0.4, 0.5) is 0 Å². The highest BCUT2D eigenvalue weighted by Crippen LogP contribution is 2.22. The SMILES string of the molecule is NCc1ccc(COc2ccc3cccnc3c2)c(Cl)c1. The standard InChI is InChI=1S/C17H15ClN2O/c18-16-8-12(10-19)3-4-14(16)11-21-15-6-5-13-2-1-7-20-17(13)9-15/h1-9H,10-11,19H2. The molecule has 0 spiro atoms. The van der Waals surface area contributed by atoms with Crippen LogP contribution in [0.5, 0.6) is 5.75 Å². The monoisotopic (exact) mass is 298 g/mol. The summed E-state index contributed by atoms with van der Waals surface area (Å²) in [5.74, 6) is 0.778. The van der Waals surface area contributed by atoms with Gasteiger partial charge in [-0.3, -0.25) is 4.98 Å². The summed E-state index contributed by atoms with van der Waals surface area (Å²) in [5, 5.41) is 1.77. The Morgan fingerprint density at radius 2 is 2.00 bits per heavy atom. The molecular formula is C17H15ClN2O. The van der Waals surface area contributed by atoms with Crippen molar-refractivity contribution in [3.05, 3.63) is 70.9 Å². The van der Waals surface area contributed by atoms with Crippen LogP contribution in [0, 0.1) is 0 Å². The van der Waals surface area contributed by atoms with Gasteiger partial charge in [-0.1, -0.05) is 29.8 Å². The lowest BCUT2D eigenvalue weighted by atomic mass is 10.1. The van der Waals surface area contributed by atoms with E-state index in [0.29, 0.717) is 18.2 Å². The van der Waals surface area contributed by atoms with E-state index in [4.69, 9.17) is 22.1 Å². The lowest BCUT2D eigenvalue weighted by Gasteiger charge is -2.09. The predicted octanol–water partition coefficient (Wildman–Crippen LogP) is 3.93. The summed E-state index contributed by atoms with van der Waals surface area (Å²) >= 11 is 6.22. The fourth-order valence-electron chi connectivity index (χ4n) is 2.13. The van der Waals surface area contributed by atoms with Crippen molar-refractivity contribution in [3.63, 3.8) is 0 Å². The van der Waals surface area contributed by atoms with Gasteiger partial charge in [0.05, 0.1) is 5.52 Å². The Labute approximate surface area is 128 Å². The van der Waals surface area contributed by atoms with Gasteiger partial charge in [0.15, 0.2) is 0 Å². The topological polar surface area (TPSA) is 48.1 Å². The molecular weight excluding hydrogens is 284 g/mol. The molecule has 0 aliphatic heterocycles. The molecule has 0 bridgehead atoms. The number of rotatable bonds is 4. The molecule has 2 aromatic carbocycles. The third-order valence-corrected chi connectivity index (χ3v) is 3.68. The molecule has 0 atom stereocenters. The van der Waals surface area contributed by atoms with Gasteiger partial charge in [0.2, 0.25) is 0 Å². The van der Waals surface area contributed by atoms with Crippen LogP contribution in [0.25, 0.3) is 10.9 Å². The summed E-state index contributed by atoms with van der Waals surface area (Å²) in [7, 11) is 0. The number of nitrogens with zero attached hydrogens (tertiary/aromatic N) is 1. The maximum atomic E-state index is 6.22. The molecule has 3 rings (SSSR count). The van der Waals surface area contributed by atoms with E-state index < -0.39 is 0 Å². The Morgan fingerprint density at radius 1 is 1.10 bits per heavy atom. The molecule has 1 aromatic heterocycles. The van der Waals surface area contributed by atoms with Crippen molar-refractivity contribution < 1.29 is 4.74 Å². The van der Waals surface area contributed by atoms with Crippen molar-refractivity contribution in [1.82, 2.24) is 4.98 Å². The molecule has 3 nitrogen and oxygen atoms in total. The van der Waals surface area contributed by atoms with E-state index >= 15 is 0 Å². The van der Waals surface area contributed by atoms with Crippen LogP contribution < -0.4 is 10.5 Å². The first-order valence-corrected chi connectivity index (χ1v) is 7.09. The normalized spacial score (nSPS) is 10.8. The highest BCUT2D eigenvalue weighted by Gasteiger charge is 2.04. The zero-order chi connectivity index (χ0) is 14.7. The molecule has 0 aliphatic carbocycles. The Hall–Kier alpha value is -2.10. The molecule has 1 heterocycles. The van der Waals surface area contributed by atoms with Crippen molar-refractivity contribution in [2.24, 2.45) is 5.73 Å². The minimum absolute atomic E-state index is 0.419. The van der Waals surface area contributed by atoms with Gasteiger partial charge in [0, 0.05) is 34.8 Å². The van der Waals surface area contributed by atoms with Crippen molar-refractivity contribution in [1.29, 1.82) is 0 Å². The van der Waals surface area contributed by atoms with E-state index in [2.05, 4.69) is 4.98 Å². The van der Waals surface area contributed by atoms with E-state index in [0.717, 1.165) is 27.8 Å². The summed E-state index contributed by atoms with van der Waals surface area (Å²) in [6.45, 7) is 0.902. The van der Waals surface area contributed by atoms with Gasteiger partial charge in [-0.15, -0.1) is 0 Å². The van der Waals surface area contributed by atoms with Crippen LogP contribution in [0.3, 0.4) is 0 Å². The first-order valence-electron chi connectivity index (χ1n) is 6.71. The number of halogens is 1. The molecule has 106 valence electrons. The van der Waals surface area contributed by atoms with Crippen LogP contribution in [0.2, 0.25) is 5.02 Å². The highest BCUT2D eigenvalue weighted by atomic mass is 35.5. The molecule has 0 fully saturated rings. The number of aromatic nitrogens is 1. The van der Waals surface area contributed by atoms with E-state index in [-0.39, 0.29) is 0 Å². The van der Waals surface area contributed by atoms with E-state index in [1.54, 1.807) is 6.20 Å². The van der Waals surface area contributed by atoms with Crippen molar-refractivity contribution in [2.45, 2.75) is 13.2 Å². The molecule has 3 aromatic rings. The average molecular weight is 299 g/mol. The van der Waals surface area contributed by atoms with Crippen LogP contribution in [0.15, 0.2) is 54.7 Å².